The van der Waals surface area contributed by atoms with Gasteiger partial charge in [0.05, 0.1) is 12.0 Å². The van der Waals surface area contributed by atoms with Crippen molar-refractivity contribution in [2.24, 2.45) is 0 Å². The SMILES string of the molecule is Cc1ccc2c(CC(=O)NCC3(O)CCSCC3)c[nH]c2c1. The number of benzene rings is 1. The van der Waals surface area contributed by atoms with Gasteiger partial charge in [-0.25, -0.2) is 0 Å². The highest BCUT2D eigenvalue weighted by atomic mass is 32.2. The molecule has 3 N–H and O–H groups in total. The zero-order valence-electron chi connectivity index (χ0n) is 12.8. The summed E-state index contributed by atoms with van der Waals surface area (Å²) in [5.74, 6) is 1.90. The van der Waals surface area contributed by atoms with Crippen molar-refractivity contribution >= 4 is 28.6 Å². The van der Waals surface area contributed by atoms with Crippen molar-refractivity contribution < 1.29 is 9.90 Å². The maximum absolute atomic E-state index is 12.2. The predicted octanol–water partition coefficient (Wildman–Crippen LogP) is 2.39. The lowest BCUT2D eigenvalue weighted by Crippen LogP contribution is -2.45. The number of fused-ring (bicyclic) bond motifs is 1. The van der Waals surface area contributed by atoms with E-state index in [2.05, 4.69) is 35.4 Å². The van der Waals surface area contributed by atoms with Crippen LogP contribution in [0.2, 0.25) is 0 Å². The number of hydrogen-bond acceptors (Lipinski definition) is 3. The molecule has 3 rings (SSSR count). The number of aromatic amines is 1. The summed E-state index contributed by atoms with van der Waals surface area (Å²) in [5.41, 5.74) is 2.53. The van der Waals surface area contributed by atoms with Crippen LogP contribution in [-0.2, 0) is 11.2 Å². The average Bonchev–Trinajstić information content (AvgIpc) is 2.88. The van der Waals surface area contributed by atoms with E-state index in [1.165, 1.54) is 5.56 Å². The number of carbonyl (C=O) groups excluding carboxylic acids is 1. The van der Waals surface area contributed by atoms with Crippen LogP contribution in [0, 0.1) is 6.92 Å². The molecule has 1 aromatic heterocycles. The number of H-pyrrole nitrogens is 1. The first-order valence-corrected chi connectivity index (χ1v) is 8.85. The fraction of sp³-hybridized carbons (Fsp3) is 0.471. The lowest BCUT2D eigenvalue weighted by atomic mass is 9.97. The van der Waals surface area contributed by atoms with E-state index in [0.29, 0.717) is 13.0 Å². The number of aromatic nitrogens is 1. The molecule has 2 aromatic rings. The molecule has 0 atom stereocenters. The van der Waals surface area contributed by atoms with E-state index >= 15 is 0 Å². The van der Waals surface area contributed by atoms with E-state index in [0.717, 1.165) is 40.8 Å². The molecular weight excluding hydrogens is 296 g/mol. The molecule has 5 heteroatoms. The quantitative estimate of drug-likeness (QED) is 0.811. The summed E-state index contributed by atoms with van der Waals surface area (Å²) in [5, 5.41) is 14.4. The van der Waals surface area contributed by atoms with Crippen molar-refractivity contribution in [3.05, 3.63) is 35.5 Å². The Hall–Kier alpha value is -1.46. The number of aliphatic hydroxyl groups is 1. The minimum Gasteiger partial charge on any atom is -0.388 e. The van der Waals surface area contributed by atoms with E-state index in [4.69, 9.17) is 0 Å². The summed E-state index contributed by atoms with van der Waals surface area (Å²) >= 11 is 1.86. The Balaban J connectivity index is 1.61. The van der Waals surface area contributed by atoms with Gasteiger partial charge in [0.25, 0.3) is 0 Å². The molecule has 1 aliphatic rings. The maximum Gasteiger partial charge on any atom is 0.224 e. The smallest absolute Gasteiger partial charge is 0.224 e. The first-order chi connectivity index (χ1) is 10.6. The van der Waals surface area contributed by atoms with Crippen LogP contribution in [0.5, 0.6) is 0 Å². The highest BCUT2D eigenvalue weighted by Crippen LogP contribution is 2.26. The second-order valence-electron chi connectivity index (χ2n) is 6.15. The fourth-order valence-corrected chi connectivity index (χ4v) is 4.13. The van der Waals surface area contributed by atoms with Gasteiger partial charge < -0.3 is 15.4 Å². The average molecular weight is 318 g/mol. The molecule has 0 bridgehead atoms. The van der Waals surface area contributed by atoms with Crippen molar-refractivity contribution in [2.45, 2.75) is 31.8 Å². The number of amides is 1. The molecule has 22 heavy (non-hydrogen) atoms. The summed E-state index contributed by atoms with van der Waals surface area (Å²) in [7, 11) is 0. The fourth-order valence-electron chi connectivity index (χ4n) is 2.87. The van der Waals surface area contributed by atoms with Crippen LogP contribution in [0.15, 0.2) is 24.4 Å². The second-order valence-corrected chi connectivity index (χ2v) is 7.38. The van der Waals surface area contributed by atoms with Crippen molar-refractivity contribution in [1.82, 2.24) is 10.3 Å². The molecular formula is C17H22N2O2S. The van der Waals surface area contributed by atoms with E-state index in [-0.39, 0.29) is 5.91 Å². The van der Waals surface area contributed by atoms with Crippen molar-refractivity contribution in [2.75, 3.05) is 18.1 Å². The Labute approximate surface area is 134 Å². The van der Waals surface area contributed by atoms with E-state index in [1.807, 2.05) is 18.0 Å². The molecule has 4 nitrogen and oxygen atoms in total. The number of rotatable bonds is 4. The zero-order chi connectivity index (χ0) is 15.6. The minimum atomic E-state index is -0.724. The van der Waals surface area contributed by atoms with Gasteiger partial charge in [-0.2, -0.15) is 11.8 Å². The lowest BCUT2D eigenvalue weighted by Gasteiger charge is -2.31. The molecule has 0 saturated carbocycles. The summed E-state index contributed by atoms with van der Waals surface area (Å²) in [6, 6.07) is 6.19. The van der Waals surface area contributed by atoms with Gasteiger partial charge in [-0.15, -0.1) is 0 Å². The third-order valence-corrected chi connectivity index (χ3v) is 5.30. The topological polar surface area (TPSA) is 65.1 Å². The zero-order valence-corrected chi connectivity index (χ0v) is 13.6. The Kier molecular flexibility index (Phi) is 4.45. The maximum atomic E-state index is 12.2. The van der Waals surface area contributed by atoms with Crippen LogP contribution in [-0.4, -0.2) is 39.6 Å². The van der Waals surface area contributed by atoms with Gasteiger partial charge in [-0.05, 0) is 48.5 Å². The molecule has 1 aliphatic heterocycles. The molecule has 0 aliphatic carbocycles. The number of carbonyl (C=O) groups is 1. The van der Waals surface area contributed by atoms with Gasteiger partial charge in [0.2, 0.25) is 5.91 Å². The highest BCUT2D eigenvalue weighted by molar-refractivity contribution is 7.99. The van der Waals surface area contributed by atoms with Crippen LogP contribution in [0.1, 0.15) is 24.0 Å². The van der Waals surface area contributed by atoms with Crippen LogP contribution >= 0.6 is 11.8 Å². The highest BCUT2D eigenvalue weighted by Gasteiger charge is 2.29. The Morgan fingerprint density at radius 2 is 2.18 bits per heavy atom. The van der Waals surface area contributed by atoms with Crippen LogP contribution < -0.4 is 5.32 Å². The number of aryl methyl sites for hydroxylation is 1. The first-order valence-electron chi connectivity index (χ1n) is 7.69. The molecule has 118 valence electrons. The van der Waals surface area contributed by atoms with Crippen LogP contribution in [0.4, 0.5) is 0 Å². The third kappa shape index (κ3) is 3.47. The number of hydrogen-bond donors (Lipinski definition) is 3. The predicted molar refractivity (Wildman–Crippen MR) is 91.3 cm³/mol. The van der Waals surface area contributed by atoms with Crippen LogP contribution in [0.3, 0.4) is 0 Å². The van der Waals surface area contributed by atoms with E-state index in [1.54, 1.807) is 0 Å². The van der Waals surface area contributed by atoms with Crippen molar-refractivity contribution in [3.63, 3.8) is 0 Å². The first kappa shape index (κ1) is 15.4. The van der Waals surface area contributed by atoms with E-state index < -0.39 is 5.60 Å². The molecule has 0 radical (unpaired) electrons. The number of nitrogens with one attached hydrogen (secondary N) is 2. The molecule has 0 spiro atoms. The Morgan fingerprint density at radius 1 is 1.41 bits per heavy atom. The number of thioether (sulfide) groups is 1. The third-order valence-electron chi connectivity index (χ3n) is 4.31. The Morgan fingerprint density at radius 3 is 2.95 bits per heavy atom. The van der Waals surface area contributed by atoms with Crippen LogP contribution in [0.25, 0.3) is 10.9 Å². The largest absolute Gasteiger partial charge is 0.388 e. The normalized spacial score (nSPS) is 17.5. The molecule has 1 amide bonds. The van der Waals surface area contributed by atoms with Crippen molar-refractivity contribution in [3.8, 4) is 0 Å². The molecule has 1 aromatic carbocycles. The van der Waals surface area contributed by atoms with Gasteiger partial charge in [-0.3, -0.25) is 4.79 Å². The molecule has 2 heterocycles. The van der Waals surface area contributed by atoms with Gasteiger partial charge in [0, 0.05) is 23.6 Å². The summed E-state index contributed by atoms with van der Waals surface area (Å²) in [4.78, 5) is 15.4. The molecule has 0 unspecified atom stereocenters. The standard InChI is InChI=1S/C17H22N2O2S/c1-12-2-3-14-13(10-18-15(14)8-12)9-16(20)19-11-17(21)4-6-22-7-5-17/h2-3,8,10,18,21H,4-7,9,11H2,1H3,(H,19,20). The summed E-state index contributed by atoms with van der Waals surface area (Å²) in [6.45, 7) is 2.41. The van der Waals surface area contributed by atoms with Crippen molar-refractivity contribution in [1.29, 1.82) is 0 Å². The summed E-state index contributed by atoms with van der Waals surface area (Å²) < 4.78 is 0. The van der Waals surface area contributed by atoms with E-state index in [9.17, 15) is 9.90 Å². The molecule has 1 fully saturated rings. The van der Waals surface area contributed by atoms with Gasteiger partial charge in [0.1, 0.15) is 0 Å². The summed E-state index contributed by atoms with van der Waals surface area (Å²) in [6.07, 6.45) is 3.75. The monoisotopic (exact) mass is 318 g/mol. The molecule has 1 saturated heterocycles. The van der Waals surface area contributed by atoms with Gasteiger partial charge in [0.15, 0.2) is 0 Å². The Bertz CT molecular complexity index is 674. The van der Waals surface area contributed by atoms with Gasteiger partial charge in [-0.1, -0.05) is 12.1 Å². The van der Waals surface area contributed by atoms with Gasteiger partial charge >= 0.3 is 0 Å². The second kappa shape index (κ2) is 6.34. The lowest BCUT2D eigenvalue weighted by molar-refractivity contribution is -0.121. The minimum absolute atomic E-state index is 0.0341.